The Morgan fingerprint density at radius 2 is 1.00 bits per heavy atom. The van der Waals surface area contributed by atoms with Crippen molar-refractivity contribution in [1.29, 1.82) is 0 Å². The zero-order chi connectivity index (χ0) is 16.9. The van der Waals surface area contributed by atoms with Crippen LogP contribution in [0.15, 0.2) is 66.7 Å². The molecule has 0 heterocycles. The Morgan fingerprint density at radius 1 is 0.458 bits per heavy atom. The summed E-state index contributed by atoms with van der Waals surface area (Å²) in [5.41, 5.74) is 9.20. The number of hydrogen-bond donors (Lipinski definition) is 0. The van der Waals surface area contributed by atoms with E-state index in [1.165, 1.54) is 38.9 Å². The van der Waals surface area contributed by atoms with E-state index in [4.69, 9.17) is 0 Å². The number of rotatable bonds is 5. The molecular weight excluding hydrogens is 345 g/mol. The SMILES string of the molecule is PCc1ccc(-c2cccc(-c3cc(CP)cc(CP)c3)c2)cc1. The van der Waals surface area contributed by atoms with Gasteiger partial charge in [-0.1, -0.05) is 60.7 Å². The maximum Gasteiger partial charge on any atom is -0.0128 e. The van der Waals surface area contributed by atoms with Crippen LogP contribution in [0.1, 0.15) is 16.7 Å². The van der Waals surface area contributed by atoms with E-state index in [1.54, 1.807) is 0 Å². The molecule has 0 bridgehead atoms. The molecule has 24 heavy (non-hydrogen) atoms. The highest BCUT2D eigenvalue weighted by Gasteiger charge is 2.05. The first kappa shape index (κ1) is 17.8. The highest BCUT2D eigenvalue weighted by Crippen LogP contribution is 2.29. The summed E-state index contributed by atoms with van der Waals surface area (Å²) >= 11 is 0. The summed E-state index contributed by atoms with van der Waals surface area (Å²) in [4.78, 5) is 0. The minimum atomic E-state index is 0.988. The van der Waals surface area contributed by atoms with E-state index in [1.807, 2.05) is 0 Å². The van der Waals surface area contributed by atoms with E-state index in [0.717, 1.165) is 18.5 Å². The van der Waals surface area contributed by atoms with Gasteiger partial charge in [0.2, 0.25) is 0 Å². The van der Waals surface area contributed by atoms with E-state index < -0.39 is 0 Å². The fourth-order valence-electron chi connectivity index (χ4n) is 2.88. The molecule has 0 aliphatic rings. The number of benzene rings is 3. The molecule has 0 spiro atoms. The average molecular weight is 368 g/mol. The van der Waals surface area contributed by atoms with Gasteiger partial charge in [-0.15, -0.1) is 27.7 Å². The van der Waals surface area contributed by atoms with Crippen LogP contribution in [0, 0.1) is 0 Å². The molecule has 3 rings (SSSR count). The first-order valence-corrected chi connectivity index (χ1v) is 10.6. The van der Waals surface area contributed by atoms with Gasteiger partial charge in [0.1, 0.15) is 0 Å². The van der Waals surface area contributed by atoms with Crippen molar-refractivity contribution in [3.63, 3.8) is 0 Å². The summed E-state index contributed by atoms with van der Waals surface area (Å²) in [6.45, 7) is 0. The summed E-state index contributed by atoms with van der Waals surface area (Å²) in [7, 11) is 8.43. The molecule has 0 nitrogen and oxygen atoms in total. The van der Waals surface area contributed by atoms with Gasteiger partial charge in [0.25, 0.3) is 0 Å². The van der Waals surface area contributed by atoms with Crippen LogP contribution < -0.4 is 0 Å². The van der Waals surface area contributed by atoms with Crippen LogP contribution in [0.5, 0.6) is 0 Å². The van der Waals surface area contributed by atoms with E-state index in [0.29, 0.717) is 0 Å². The third-order valence-corrected chi connectivity index (χ3v) is 5.66. The summed E-state index contributed by atoms with van der Waals surface area (Å²) < 4.78 is 0. The lowest BCUT2D eigenvalue weighted by atomic mass is 9.96. The number of hydrogen-bond acceptors (Lipinski definition) is 0. The molecule has 0 aliphatic carbocycles. The summed E-state index contributed by atoms with van der Waals surface area (Å²) in [5, 5.41) is 0. The molecule has 0 saturated carbocycles. The van der Waals surface area contributed by atoms with Crippen molar-refractivity contribution in [2.75, 3.05) is 0 Å². The van der Waals surface area contributed by atoms with Crippen molar-refractivity contribution in [2.24, 2.45) is 0 Å². The van der Waals surface area contributed by atoms with Crippen molar-refractivity contribution in [3.05, 3.63) is 83.4 Å². The molecule has 0 fully saturated rings. The van der Waals surface area contributed by atoms with Crippen molar-refractivity contribution in [1.82, 2.24) is 0 Å². The van der Waals surface area contributed by atoms with Crippen molar-refractivity contribution in [3.8, 4) is 22.3 Å². The Morgan fingerprint density at radius 3 is 1.54 bits per heavy atom. The molecule has 3 aromatic rings. The second-order valence-corrected chi connectivity index (χ2v) is 7.15. The van der Waals surface area contributed by atoms with Gasteiger partial charge in [0.15, 0.2) is 0 Å². The molecule has 3 atom stereocenters. The lowest BCUT2D eigenvalue weighted by molar-refractivity contribution is 1.33. The van der Waals surface area contributed by atoms with Gasteiger partial charge in [-0.25, -0.2) is 0 Å². The maximum absolute atomic E-state index is 2.82. The van der Waals surface area contributed by atoms with Crippen LogP contribution in [0.3, 0.4) is 0 Å². The van der Waals surface area contributed by atoms with E-state index in [-0.39, 0.29) is 0 Å². The van der Waals surface area contributed by atoms with E-state index in [2.05, 4.69) is 94.4 Å². The average Bonchev–Trinajstić information content (AvgIpc) is 2.67. The zero-order valence-electron chi connectivity index (χ0n) is 13.7. The van der Waals surface area contributed by atoms with Gasteiger partial charge in [0.05, 0.1) is 0 Å². The van der Waals surface area contributed by atoms with Crippen molar-refractivity contribution in [2.45, 2.75) is 18.5 Å². The molecule has 0 radical (unpaired) electrons. The summed E-state index contributed by atoms with van der Waals surface area (Å²) in [6, 6.07) is 24.6. The lowest BCUT2D eigenvalue weighted by Crippen LogP contribution is -1.88. The Bertz CT molecular complexity index is 800. The molecule has 0 aliphatic heterocycles. The van der Waals surface area contributed by atoms with Gasteiger partial charge < -0.3 is 0 Å². The van der Waals surface area contributed by atoms with Crippen LogP contribution in [-0.2, 0) is 18.5 Å². The highest BCUT2D eigenvalue weighted by atomic mass is 31.0. The van der Waals surface area contributed by atoms with Crippen LogP contribution in [0.25, 0.3) is 22.3 Å². The lowest BCUT2D eigenvalue weighted by Gasteiger charge is -2.10. The predicted octanol–water partition coefficient (Wildman–Crippen LogP) is 6.15. The molecule has 122 valence electrons. The monoisotopic (exact) mass is 368 g/mol. The third-order valence-electron chi connectivity index (χ3n) is 4.24. The molecular formula is C21H23P3. The fourth-order valence-corrected chi connectivity index (χ4v) is 3.62. The Labute approximate surface area is 152 Å². The maximum atomic E-state index is 2.82. The first-order valence-electron chi connectivity index (χ1n) is 8.16. The Hall–Kier alpha value is -1.05. The van der Waals surface area contributed by atoms with Crippen LogP contribution >= 0.6 is 27.7 Å². The van der Waals surface area contributed by atoms with Crippen LogP contribution in [-0.4, -0.2) is 0 Å². The smallest absolute Gasteiger partial charge is 0.0128 e. The Kier molecular flexibility index (Phi) is 6.19. The molecule has 0 saturated heterocycles. The predicted molar refractivity (Wildman–Crippen MR) is 118 cm³/mol. The van der Waals surface area contributed by atoms with Gasteiger partial charge in [-0.2, -0.15) is 0 Å². The largest absolute Gasteiger partial charge is 0.133 e. The quantitative estimate of drug-likeness (QED) is 0.474. The zero-order valence-corrected chi connectivity index (χ0v) is 17.2. The first-order chi connectivity index (χ1) is 11.7. The molecule has 3 unspecified atom stereocenters. The van der Waals surface area contributed by atoms with Gasteiger partial charge in [-0.05, 0) is 63.5 Å². The van der Waals surface area contributed by atoms with Crippen LogP contribution in [0.4, 0.5) is 0 Å². The second kappa shape index (κ2) is 8.36. The minimum absolute atomic E-state index is 0.988. The molecule has 0 aromatic heterocycles. The van der Waals surface area contributed by atoms with Gasteiger partial charge in [-0.3, -0.25) is 0 Å². The van der Waals surface area contributed by atoms with Crippen LogP contribution in [0.2, 0.25) is 0 Å². The third kappa shape index (κ3) is 4.13. The Balaban J connectivity index is 2.01. The highest BCUT2D eigenvalue weighted by molar-refractivity contribution is 7.15. The standard InChI is InChI=1S/C21H23P3/c22-12-15-4-6-18(7-5-15)19-2-1-3-20(11-19)21-9-16(13-23)8-17(10-21)14-24/h1-11H,12-14,22-24H2. The van der Waals surface area contributed by atoms with E-state index in [9.17, 15) is 0 Å². The minimum Gasteiger partial charge on any atom is -0.133 e. The second-order valence-electron chi connectivity index (χ2n) is 5.93. The van der Waals surface area contributed by atoms with Gasteiger partial charge >= 0.3 is 0 Å². The molecule has 3 aromatic carbocycles. The summed E-state index contributed by atoms with van der Waals surface area (Å²) in [6.07, 6.45) is 2.98. The molecule has 0 amide bonds. The topological polar surface area (TPSA) is 0 Å². The van der Waals surface area contributed by atoms with Crippen molar-refractivity contribution >= 4 is 27.7 Å². The normalized spacial score (nSPS) is 10.8. The van der Waals surface area contributed by atoms with Gasteiger partial charge in [0, 0.05) is 0 Å². The van der Waals surface area contributed by atoms with E-state index >= 15 is 0 Å². The van der Waals surface area contributed by atoms with Crippen molar-refractivity contribution < 1.29 is 0 Å². The molecule has 3 heteroatoms. The molecule has 0 N–H and O–H groups in total. The summed E-state index contributed by atoms with van der Waals surface area (Å²) in [5.74, 6) is 0. The fraction of sp³-hybridized carbons (Fsp3) is 0.143.